The number of pyridine rings is 1. The number of ketones is 1. The van der Waals surface area contributed by atoms with Crippen LogP contribution in [0.1, 0.15) is 94.7 Å². The van der Waals surface area contributed by atoms with Gasteiger partial charge in [-0.1, -0.05) is 71.1 Å². The van der Waals surface area contributed by atoms with Crippen LogP contribution >= 0.6 is 0 Å². The molecule has 0 atom stereocenters. The van der Waals surface area contributed by atoms with Crippen molar-refractivity contribution in [1.82, 2.24) is 15.2 Å². The summed E-state index contributed by atoms with van der Waals surface area (Å²) in [5.41, 5.74) is 0.685. The molecule has 0 unspecified atom stereocenters. The second-order valence-corrected chi connectivity index (χ2v) is 11.7. The number of aromatic hydroxyl groups is 1. The molecule has 2 aliphatic rings. The highest BCUT2D eigenvalue weighted by molar-refractivity contribution is 6.03. The van der Waals surface area contributed by atoms with Gasteiger partial charge in [0.15, 0.2) is 17.2 Å². The van der Waals surface area contributed by atoms with Gasteiger partial charge in [0.1, 0.15) is 11.5 Å². The zero-order valence-electron chi connectivity index (χ0n) is 25.5. The van der Waals surface area contributed by atoms with Crippen LogP contribution in [0, 0.1) is 11.8 Å². The molecule has 0 saturated heterocycles. The smallest absolute Gasteiger partial charge is 0.274 e. The van der Waals surface area contributed by atoms with Gasteiger partial charge < -0.3 is 15.2 Å². The van der Waals surface area contributed by atoms with Crippen molar-refractivity contribution in [3.05, 3.63) is 59.9 Å². The van der Waals surface area contributed by atoms with E-state index in [-0.39, 0.29) is 29.7 Å². The van der Waals surface area contributed by atoms with Crippen molar-refractivity contribution in [2.24, 2.45) is 11.8 Å². The lowest BCUT2D eigenvalue weighted by atomic mass is 9.82. The first-order chi connectivity index (χ1) is 20.4. The van der Waals surface area contributed by atoms with Gasteiger partial charge in [0.25, 0.3) is 5.91 Å². The molecule has 1 aromatic heterocycles. The summed E-state index contributed by atoms with van der Waals surface area (Å²) in [5.74, 6) is 1.54. The number of hydrogen-bond donors (Lipinski definition) is 2. The van der Waals surface area contributed by atoms with Gasteiger partial charge in [0.2, 0.25) is 0 Å². The molecule has 2 N–H and O–H groups in total. The first-order valence-corrected chi connectivity index (χ1v) is 15.8. The van der Waals surface area contributed by atoms with E-state index in [1.165, 1.54) is 25.7 Å². The zero-order chi connectivity index (χ0) is 29.9. The molecule has 42 heavy (non-hydrogen) atoms. The largest absolute Gasteiger partial charge is 0.505 e. The summed E-state index contributed by atoms with van der Waals surface area (Å²) in [4.78, 5) is 32.6. The molecule has 0 spiro atoms. The number of aromatic nitrogens is 1. The van der Waals surface area contributed by atoms with Crippen molar-refractivity contribution in [3.63, 3.8) is 0 Å². The van der Waals surface area contributed by atoms with E-state index in [9.17, 15) is 14.7 Å². The number of carbonyl (C=O) groups excluding carboxylic acids is 2. The van der Waals surface area contributed by atoms with E-state index < -0.39 is 5.91 Å². The van der Waals surface area contributed by atoms with Crippen molar-refractivity contribution < 1.29 is 19.4 Å². The van der Waals surface area contributed by atoms with Crippen molar-refractivity contribution in [1.29, 1.82) is 0 Å². The van der Waals surface area contributed by atoms with Crippen LogP contribution in [-0.2, 0) is 11.3 Å². The van der Waals surface area contributed by atoms with Crippen LogP contribution in [0.2, 0.25) is 0 Å². The maximum Gasteiger partial charge on any atom is 0.274 e. The molecule has 3 aromatic rings. The second-order valence-electron chi connectivity index (χ2n) is 11.7. The highest BCUT2D eigenvalue weighted by Gasteiger charge is 2.27. The molecule has 5 rings (SSSR count). The highest BCUT2D eigenvalue weighted by atomic mass is 16.5. The number of nitrogens with zero attached hydrogens (tertiary/aromatic N) is 2. The molecular weight excluding hydrogens is 526 g/mol. The third-order valence-corrected chi connectivity index (χ3v) is 8.20. The SMILES string of the molecule is CCC.CCCN(CCC1CCC1)Cc1nc(C(=O)NCC(=O)C2CCC2)c(O)c2ccc(Oc3ccccc3)cc12. The molecule has 7 nitrogen and oxygen atoms in total. The fourth-order valence-corrected chi connectivity index (χ4v) is 5.38. The summed E-state index contributed by atoms with van der Waals surface area (Å²) in [6.45, 7) is 8.84. The lowest BCUT2D eigenvalue weighted by Crippen LogP contribution is -2.35. The van der Waals surface area contributed by atoms with Gasteiger partial charge in [-0.3, -0.25) is 14.5 Å². The summed E-state index contributed by atoms with van der Waals surface area (Å²) in [6.07, 6.45) is 10.2. The van der Waals surface area contributed by atoms with Gasteiger partial charge in [0.05, 0.1) is 12.2 Å². The third kappa shape index (κ3) is 8.31. The van der Waals surface area contributed by atoms with Crippen molar-refractivity contribution >= 4 is 22.5 Å². The molecule has 2 saturated carbocycles. The highest BCUT2D eigenvalue weighted by Crippen LogP contribution is 2.35. The Kier molecular flexibility index (Phi) is 11.8. The van der Waals surface area contributed by atoms with Crippen LogP contribution in [-0.4, -0.2) is 46.3 Å². The van der Waals surface area contributed by atoms with Crippen LogP contribution in [0.3, 0.4) is 0 Å². The number of rotatable bonds is 13. The monoisotopic (exact) mass is 573 g/mol. The predicted octanol–water partition coefficient (Wildman–Crippen LogP) is 7.65. The second kappa shape index (κ2) is 15.7. The Balaban J connectivity index is 0.00000129. The molecule has 0 bridgehead atoms. The minimum Gasteiger partial charge on any atom is -0.505 e. The summed E-state index contributed by atoms with van der Waals surface area (Å²) in [6, 6.07) is 15.0. The van der Waals surface area contributed by atoms with E-state index >= 15 is 0 Å². The summed E-state index contributed by atoms with van der Waals surface area (Å²) < 4.78 is 6.08. The quantitative estimate of drug-likeness (QED) is 0.218. The Labute approximate surface area is 250 Å². The standard InChI is InChI=1S/C32H39N3O4.C3H8/c1-2-17-35(18-16-22-8-6-9-22)21-28-27-19-25(39-24-12-4-3-5-13-24)14-15-26(27)31(37)30(34-28)32(38)33-20-29(36)23-10-7-11-23;1-3-2/h3-5,12-15,19,22-23,37H,2,6-11,16-18,20-21H2,1H3,(H,33,38);3H2,1-2H3. The minimum absolute atomic E-state index is 0.0360. The Bertz CT molecular complexity index is 1320. The molecule has 226 valence electrons. The van der Waals surface area contributed by atoms with Crippen LogP contribution in [0.4, 0.5) is 0 Å². The van der Waals surface area contributed by atoms with Gasteiger partial charge in [-0.2, -0.15) is 0 Å². The number of carbonyl (C=O) groups is 2. The van der Waals surface area contributed by atoms with E-state index in [0.717, 1.165) is 67.9 Å². The van der Waals surface area contributed by atoms with E-state index in [4.69, 9.17) is 9.72 Å². The number of nitrogens with one attached hydrogen (secondary N) is 1. The third-order valence-electron chi connectivity index (χ3n) is 8.20. The molecule has 0 radical (unpaired) electrons. The molecule has 2 aliphatic carbocycles. The summed E-state index contributed by atoms with van der Waals surface area (Å²) in [5, 5.41) is 15.2. The van der Waals surface area contributed by atoms with Crippen molar-refractivity contribution in [2.75, 3.05) is 19.6 Å². The lowest BCUT2D eigenvalue weighted by Gasteiger charge is -2.29. The predicted molar refractivity (Wildman–Crippen MR) is 168 cm³/mol. The topological polar surface area (TPSA) is 91.8 Å². The van der Waals surface area contributed by atoms with Gasteiger partial charge in [-0.15, -0.1) is 0 Å². The number of benzene rings is 2. The van der Waals surface area contributed by atoms with Gasteiger partial charge in [-0.25, -0.2) is 4.98 Å². The van der Waals surface area contributed by atoms with Crippen molar-refractivity contribution in [2.45, 2.75) is 85.1 Å². The average Bonchev–Trinajstić information content (AvgIpc) is 2.92. The summed E-state index contributed by atoms with van der Waals surface area (Å²) in [7, 11) is 0. The Morgan fingerprint density at radius 1 is 0.952 bits per heavy atom. The zero-order valence-corrected chi connectivity index (χ0v) is 25.5. The van der Waals surface area contributed by atoms with E-state index in [1.807, 2.05) is 36.4 Å². The maximum atomic E-state index is 13.2. The Morgan fingerprint density at radius 2 is 1.67 bits per heavy atom. The van der Waals surface area contributed by atoms with E-state index in [0.29, 0.717) is 17.7 Å². The van der Waals surface area contributed by atoms with E-state index in [1.54, 1.807) is 12.1 Å². The lowest BCUT2D eigenvalue weighted by molar-refractivity contribution is -0.124. The minimum atomic E-state index is -0.524. The van der Waals surface area contributed by atoms with Gasteiger partial charge >= 0.3 is 0 Å². The number of para-hydroxylation sites is 1. The molecule has 7 heteroatoms. The number of ether oxygens (including phenoxy) is 1. The first kappa shape index (κ1) is 31.5. The fourth-order valence-electron chi connectivity index (χ4n) is 5.38. The molecular formula is C35H47N3O4. The normalized spacial score (nSPS) is 15.0. The fraction of sp³-hybridized carbons (Fsp3) is 0.514. The van der Waals surface area contributed by atoms with Crippen LogP contribution in [0.5, 0.6) is 17.2 Å². The molecule has 1 amide bonds. The van der Waals surface area contributed by atoms with E-state index in [2.05, 4.69) is 31.0 Å². The summed E-state index contributed by atoms with van der Waals surface area (Å²) >= 11 is 0. The Hall–Kier alpha value is -3.45. The van der Waals surface area contributed by atoms with Gasteiger partial charge in [-0.05, 0) is 75.0 Å². The molecule has 2 aromatic carbocycles. The number of hydrogen-bond acceptors (Lipinski definition) is 6. The number of amides is 1. The van der Waals surface area contributed by atoms with Crippen LogP contribution in [0.25, 0.3) is 10.8 Å². The van der Waals surface area contributed by atoms with Crippen LogP contribution in [0.15, 0.2) is 48.5 Å². The molecule has 2 fully saturated rings. The molecule has 1 heterocycles. The molecule has 0 aliphatic heterocycles. The number of Topliss-reactive ketones (excluding diaryl/α,β-unsaturated/α-hetero) is 1. The number of fused-ring (bicyclic) bond motifs is 1. The van der Waals surface area contributed by atoms with Gasteiger partial charge in [0, 0.05) is 23.2 Å². The van der Waals surface area contributed by atoms with Crippen molar-refractivity contribution in [3.8, 4) is 17.2 Å². The Morgan fingerprint density at radius 3 is 2.29 bits per heavy atom. The maximum absolute atomic E-state index is 13.2. The first-order valence-electron chi connectivity index (χ1n) is 15.8. The van der Waals surface area contributed by atoms with Crippen LogP contribution < -0.4 is 10.1 Å². The average molecular weight is 574 g/mol.